The van der Waals surface area contributed by atoms with E-state index in [0.29, 0.717) is 24.0 Å². The molecule has 0 aliphatic carbocycles. The van der Waals surface area contributed by atoms with Crippen molar-refractivity contribution in [3.05, 3.63) is 29.8 Å². The molecule has 13 heteroatoms. The van der Waals surface area contributed by atoms with Crippen molar-refractivity contribution < 1.29 is 43.8 Å². The maximum Gasteiger partial charge on any atom is 0.305 e. The molecule has 0 saturated heterocycles. The molecule has 0 saturated carbocycles. The second-order valence-corrected chi connectivity index (χ2v) is 9.00. The van der Waals surface area contributed by atoms with Crippen molar-refractivity contribution in [3.63, 3.8) is 0 Å². The van der Waals surface area contributed by atoms with Crippen LogP contribution >= 0.6 is 0 Å². The molecule has 1 aromatic carbocycles. The molecule has 13 nitrogen and oxygen atoms in total. The van der Waals surface area contributed by atoms with E-state index >= 15 is 0 Å². The van der Waals surface area contributed by atoms with Gasteiger partial charge < -0.3 is 31.0 Å². The van der Waals surface area contributed by atoms with Crippen molar-refractivity contribution in [1.29, 1.82) is 0 Å². The first-order valence-corrected chi connectivity index (χ1v) is 12.1. The number of nitrogens with one attached hydrogen (secondary N) is 3. The quantitative estimate of drug-likeness (QED) is 0.198. The highest BCUT2D eigenvalue weighted by Gasteiger charge is 2.39. The molecular weight excluding hydrogens is 500 g/mol. The van der Waals surface area contributed by atoms with E-state index in [1.807, 2.05) is 0 Å². The van der Waals surface area contributed by atoms with Gasteiger partial charge in [0.25, 0.3) is 0 Å². The number of fused-ring (bicyclic) bond motifs is 1. The molecule has 0 radical (unpaired) electrons. The summed E-state index contributed by atoms with van der Waals surface area (Å²) in [4.78, 5) is 85.3. The standard InChI is InChI=1S/C25H32N4O9/c1-3-14(2)23(28-19(31)8-9-21(33)34)25(38)26-12-20(32)29-17-7-5-4-6-15(17)10-18(29)24(37)27-16(13-30)11-22(35)36/h4-7,13-14,16,18,23H,3,8-12H2,1-2H3,(H,26,38)(H,27,37)(H,28,31)(H,33,34)(H,35,36)/t14-,16-,18?,23-/m0/s1. The van der Waals surface area contributed by atoms with E-state index in [-0.39, 0.29) is 18.8 Å². The number of carboxylic acids is 2. The number of carboxylic acid groups (broad SMARTS) is 2. The average molecular weight is 533 g/mol. The van der Waals surface area contributed by atoms with Gasteiger partial charge in [-0.25, -0.2) is 0 Å². The van der Waals surface area contributed by atoms with Gasteiger partial charge in [0.15, 0.2) is 0 Å². The number of carbonyl (C=O) groups is 7. The maximum absolute atomic E-state index is 13.2. The summed E-state index contributed by atoms with van der Waals surface area (Å²) in [5, 5.41) is 25.1. The first-order chi connectivity index (χ1) is 18.0. The third-order valence-corrected chi connectivity index (χ3v) is 6.23. The van der Waals surface area contributed by atoms with Gasteiger partial charge in [-0.3, -0.25) is 33.7 Å². The number of aliphatic carboxylic acids is 2. The number of hydrogen-bond acceptors (Lipinski definition) is 7. The summed E-state index contributed by atoms with van der Waals surface area (Å²) >= 11 is 0. The van der Waals surface area contributed by atoms with E-state index in [0.717, 1.165) is 0 Å². The number of nitrogens with zero attached hydrogens (tertiary/aromatic N) is 1. The highest BCUT2D eigenvalue weighted by atomic mass is 16.4. The Hall–Kier alpha value is -4.29. The van der Waals surface area contributed by atoms with Crippen LogP contribution in [0.5, 0.6) is 0 Å². The molecule has 1 heterocycles. The topological polar surface area (TPSA) is 199 Å². The predicted molar refractivity (Wildman–Crippen MR) is 133 cm³/mol. The molecule has 0 bridgehead atoms. The van der Waals surface area contributed by atoms with Gasteiger partial charge in [-0.2, -0.15) is 0 Å². The maximum atomic E-state index is 13.2. The third kappa shape index (κ3) is 8.11. The molecule has 4 atom stereocenters. The molecule has 0 fully saturated rings. The van der Waals surface area contributed by atoms with Crippen LogP contribution in [0.1, 0.15) is 45.1 Å². The summed E-state index contributed by atoms with van der Waals surface area (Å²) in [5.74, 6) is -5.37. The van der Waals surface area contributed by atoms with E-state index < -0.39 is 73.1 Å². The van der Waals surface area contributed by atoms with Gasteiger partial charge in [0.05, 0.1) is 25.4 Å². The number of benzene rings is 1. The molecule has 0 spiro atoms. The van der Waals surface area contributed by atoms with Gasteiger partial charge in [-0.05, 0) is 17.5 Å². The van der Waals surface area contributed by atoms with Crippen molar-refractivity contribution in [2.24, 2.45) is 5.92 Å². The largest absolute Gasteiger partial charge is 0.481 e. The SMILES string of the molecule is CC[C@H](C)[C@H](NC(=O)CCC(=O)O)C(=O)NCC(=O)N1c2ccccc2CC1C(=O)N[C@H](C=O)CC(=O)O. The minimum Gasteiger partial charge on any atom is -0.481 e. The fourth-order valence-corrected chi connectivity index (χ4v) is 4.03. The van der Waals surface area contributed by atoms with Crippen molar-refractivity contribution in [3.8, 4) is 0 Å². The summed E-state index contributed by atoms with van der Waals surface area (Å²) in [5.41, 5.74) is 1.12. The molecule has 1 aliphatic rings. The van der Waals surface area contributed by atoms with Gasteiger partial charge in [0, 0.05) is 18.5 Å². The van der Waals surface area contributed by atoms with Crippen LogP contribution in [0.2, 0.25) is 0 Å². The zero-order chi connectivity index (χ0) is 28.4. The Labute approximate surface area is 218 Å². The summed E-state index contributed by atoms with van der Waals surface area (Å²) in [6.45, 7) is 3.02. The Kier molecular flexibility index (Phi) is 10.9. The molecule has 0 aromatic heterocycles. The zero-order valence-corrected chi connectivity index (χ0v) is 21.1. The van der Waals surface area contributed by atoms with Gasteiger partial charge in [0.2, 0.25) is 23.6 Å². The van der Waals surface area contributed by atoms with Crippen molar-refractivity contribution >= 4 is 47.5 Å². The van der Waals surface area contributed by atoms with Crippen LogP contribution in [-0.2, 0) is 40.0 Å². The molecule has 1 unspecified atom stereocenters. The first-order valence-electron chi connectivity index (χ1n) is 12.1. The lowest BCUT2D eigenvalue weighted by Crippen LogP contribution is -2.55. The molecule has 1 aromatic rings. The van der Waals surface area contributed by atoms with Crippen LogP contribution in [-0.4, -0.2) is 76.7 Å². The Morgan fingerprint density at radius 1 is 1.05 bits per heavy atom. The fourth-order valence-electron chi connectivity index (χ4n) is 4.03. The molecular formula is C25H32N4O9. The van der Waals surface area contributed by atoms with E-state index in [1.54, 1.807) is 38.1 Å². The minimum absolute atomic E-state index is 0.121. The number of amides is 4. The summed E-state index contributed by atoms with van der Waals surface area (Å²) in [6, 6.07) is 3.39. The first kappa shape index (κ1) is 29.9. The van der Waals surface area contributed by atoms with Gasteiger partial charge in [-0.15, -0.1) is 0 Å². The van der Waals surface area contributed by atoms with Crippen molar-refractivity contribution in [1.82, 2.24) is 16.0 Å². The molecule has 4 amide bonds. The Bertz CT molecular complexity index is 1090. The van der Waals surface area contributed by atoms with Crippen LogP contribution < -0.4 is 20.9 Å². The van der Waals surface area contributed by atoms with Crippen LogP contribution in [0.15, 0.2) is 24.3 Å². The predicted octanol–water partition coefficient (Wildman–Crippen LogP) is -0.385. The van der Waals surface area contributed by atoms with E-state index in [9.17, 15) is 33.6 Å². The number of carbonyl (C=O) groups excluding carboxylic acids is 5. The lowest BCUT2D eigenvalue weighted by atomic mass is 9.98. The highest BCUT2D eigenvalue weighted by molar-refractivity contribution is 6.05. The monoisotopic (exact) mass is 532 g/mol. The molecule has 38 heavy (non-hydrogen) atoms. The average Bonchev–Trinajstić information content (AvgIpc) is 3.27. The van der Waals surface area contributed by atoms with Crippen LogP contribution in [0.4, 0.5) is 5.69 Å². The van der Waals surface area contributed by atoms with Gasteiger partial charge >= 0.3 is 11.9 Å². The zero-order valence-electron chi connectivity index (χ0n) is 21.1. The molecule has 5 N–H and O–H groups in total. The smallest absolute Gasteiger partial charge is 0.305 e. The normalized spacial score (nSPS) is 16.4. The Morgan fingerprint density at radius 3 is 2.34 bits per heavy atom. The molecule has 1 aliphatic heterocycles. The number of para-hydroxylation sites is 1. The molecule has 206 valence electrons. The minimum atomic E-state index is -1.28. The third-order valence-electron chi connectivity index (χ3n) is 6.23. The van der Waals surface area contributed by atoms with Crippen LogP contribution in [0.3, 0.4) is 0 Å². The Morgan fingerprint density at radius 2 is 1.74 bits per heavy atom. The fraction of sp³-hybridized carbons (Fsp3) is 0.480. The second-order valence-electron chi connectivity index (χ2n) is 9.00. The van der Waals surface area contributed by atoms with Gasteiger partial charge in [-0.1, -0.05) is 38.5 Å². The number of anilines is 1. The number of hydrogen-bond donors (Lipinski definition) is 5. The highest BCUT2D eigenvalue weighted by Crippen LogP contribution is 2.32. The Balaban J connectivity index is 2.14. The molecule has 2 rings (SSSR count). The summed E-state index contributed by atoms with van der Waals surface area (Å²) in [6.07, 6.45) is -0.376. The lowest BCUT2D eigenvalue weighted by molar-refractivity contribution is -0.139. The van der Waals surface area contributed by atoms with Crippen molar-refractivity contribution in [2.75, 3.05) is 11.4 Å². The van der Waals surface area contributed by atoms with Crippen molar-refractivity contribution in [2.45, 2.75) is 64.1 Å². The lowest BCUT2D eigenvalue weighted by Gasteiger charge is -2.27. The number of rotatable bonds is 14. The number of aldehydes is 1. The van der Waals surface area contributed by atoms with Gasteiger partial charge in [0.1, 0.15) is 18.4 Å². The van der Waals surface area contributed by atoms with Crippen LogP contribution in [0, 0.1) is 5.92 Å². The van der Waals surface area contributed by atoms with E-state index in [1.165, 1.54) is 4.90 Å². The summed E-state index contributed by atoms with van der Waals surface area (Å²) in [7, 11) is 0. The van der Waals surface area contributed by atoms with E-state index in [4.69, 9.17) is 10.2 Å². The summed E-state index contributed by atoms with van der Waals surface area (Å²) < 4.78 is 0. The second kappa shape index (κ2) is 13.9. The van der Waals surface area contributed by atoms with E-state index in [2.05, 4.69) is 16.0 Å². The van der Waals surface area contributed by atoms with Crippen LogP contribution in [0.25, 0.3) is 0 Å².